The van der Waals surface area contributed by atoms with E-state index in [4.69, 9.17) is 10.5 Å². The van der Waals surface area contributed by atoms with Crippen LogP contribution >= 0.6 is 0 Å². The van der Waals surface area contributed by atoms with E-state index in [-0.39, 0.29) is 12.1 Å². The Morgan fingerprint density at radius 3 is 2.52 bits per heavy atom. The normalized spacial score (nSPS) is 13.8. The molecule has 3 nitrogen and oxygen atoms in total. The smallest absolute Gasteiger partial charge is 0.140 e. The summed E-state index contributed by atoms with van der Waals surface area (Å²) in [5, 5.41) is 2.35. The highest BCUT2D eigenvalue weighted by molar-refractivity contribution is 5.83. The summed E-state index contributed by atoms with van der Waals surface area (Å²) in [5.41, 5.74) is 7.06. The van der Waals surface area contributed by atoms with Crippen LogP contribution in [0, 0.1) is 0 Å². The van der Waals surface area contributed by atoms with E-state index in [0.29, 0.717) is 0 Å². The zero-order valence-electron chi connectivity index (χ0n) is 11.9. The van der Waals surface area contributed by atoms with Gasteiger partial charge in [-0.05, 0) is 35.9 Å². The van der Waals surface area contributed by atoms with Gasteiger partial charge in [0.15, 0.2) is 0 Å². The lowest BCUT2D eigenvalue weighted by Gasteiger charge is -2.22. The first-order valence-corrected chi connectivity index (χ1v) is 7.05. The maximum atomic E-state index is 6.11. The Bertz CT molecular complexity index is 725. The summed E-state index contributed by atoms with van der Waals surface area (Å²) in [6.07, 6.45) is 3.34. The zero-order chi connectivity index (χ0) is 14.7. The second-order valence-electron chi connectivity index (χ2n) is 5.19. The number of fused-ring (bicyclic) bond motifs is 1. The molecule has 1 heterocycles. The van der Waals surface area contributed by atoms with Crippen molar-refractivity contribution in [3.63, 3.8) is 0 Å². The van der Waals surface area contributed by atoms with Gasteiger partial charge in [0.05, 0.1) is 0 Å². The van der Waals surface area contributed by atoms with E-state index in [1.54, 1.807) is 12.4 Å². The van der Waals surface area contributed by atoms with Gasteiger partial charge in [-0.25, -0.2) is 0 Å². The molecule has 0 radical (unpaired) electrons. The number of ether oxygens (including phenoxy) is 1. The van der Waals surface area contributed by atoms with Gasteiger partial charge in [-0.2, -0.15) is 0 Å². The summed E-state index contributed by atoms with van der Waals surface area (Å²) < 4.78 is 6.11. The summed E-state index contributed by atoms with van der Waals surface area (Å²) in [6.45, 7) is 1.94. The first-order valence-electron chi connectivity index (χ1n) is 7.05. The summed E-state index contributed by atoms with van der Waals surface area (Å²) in [7, 11) is 0. The third-order valence-electron chi connectivity index (χ3n) is 3.47. The van der Waals surface area contributed by atoms with Crippen molar-refractivity contribution in [1.82, 2.24) is 4.98 Å². The van der Waals surface area contributed by atoms with Crippen molar-refractivity contribution in [2.24, 2.45) is 5.73 Å². The monoisotopic (exact) mass is 278 g/mol. The highest BCUT2D eigenvalue weighted by Crippen LogP contribution is 2.26. The van der Waals surface area contributed by atoms with Crippen molar-refractivity contribution < 1.29 is 4.74 Å². The molecular formula is C18H18N2O. The average Bonchev–Trinajstić information content (AvgIpc) is 2.53. The summed E-state index contributed by atoms with van der Waals surface area (Å²) in [6, 6.07) is 18.1. The van der Waals surface area contributed by atoms with Crippen molar-refractivity contribution in [3.8, 4) is 5.75 Å². The Balaban J connectivity index is 1.91. The van der Waals surface area contributed by atoms with E-state index >= 15 is 0 Å². The molecule has 0 aliphatic carbocycles. The van der Waals surface area contributed by atoms with Crippen LogP contribution in [0.15, 0.2) is 67.0 Å². The minimum atomic E-state index is -0.208. The molecule has 0 spiro atoms. The zero-order valence-corrected chi connectivity index (χ0v) is 11.9. The molecule has 106 valence electrons. The highest BCUT2D eigenvalue weighted by atomic mass is 16.5. The second kappa shape index (κ2) is 5.94. The molecule has 0 bridgehead atoms. The van der Waals surface area contributed by atoms with Crippen LogP contribution in [-0.2, 0) is 0 Å². The molecule has 3 heteroatoms. The first-order chi connectivity index (χ1) is 10.2. The third kappa shape index (κ3) is 3.03. The molecule has 3 rings (SSSR count). The van der Waals surface area contributed by atoms with Crippen molar-refractivity contribution in [1.29, 1.82) is 0 Å². The van der Waals surface area contributed by atoms with E-state index in [2.05, 4.69) is 23.2 Å². The van der Waals surface area contributed by atoms with E-state index in [9.17, 15) is 0 Å². The highest BCUT2D eigenvalue weighted by Gasteiger charge is 2.18. The quantitative estimate of drug-likeness (QED) is 0.791. The van der Waals surface area contributed by atoms with Gasteiger partial charge < -0.3 is 10.5 Å². The first kappa shape index (κ1) is 13.6. The van der Waals surface area contributed by atoms with Gasteiger partial charge in [0.2, 0.25) is 0 Å². The molecule has 2 unspecified atom stereocenters. The van der Waals surface area contributed by atoms with Gasteiger partial charge in [0, 0.05) is 24.0 Å². The van der Waals surface area contributed by atoms with Crippen LogP contribution < -0.4 is 10.5 Å². The van der Waals surface area contributed by atoms with Crippen LogP contribution in [0.5, 0.6) is 5.75 Å². The number of hydrogen-bond acceptors (Lipinski definition) is 3. The van der Waals surface area contributed by atoms with E-state index in [1.807, 2.05) is 43.3 Å². The van der Waals surface area contributed by atoms with Gasteiger partial charge in [0.25, 0.3) is 0 Å². The average molecular weight is 278 g/mol. The maximum absolute atomic E-state index is 6.11. The fourth-order valence-electron chi connectivity index (χ4n) is 2.41. The van der Waals surface area contributed by atoms with Gasteiger partial charge in [-0.3, -0.25) is 4.98 Å². The maximum Gasteiger partial charge on any atom is 0.140 e. The van der Waals surface area contributed by atoms with Crippen LogP contribution in [0.1, 0.15) is 18.6 Å². The lowest BCUT2D eigenvalue weighted by atomic mass is 10.1. The Morgan fingerprint density at radius 1 is 1.00 bits per heavy atom. The molecule has 0 aliphatic heterocycles. The molecule has 2 atom stereocenters. The van der Waals surface area contributed by atoms with Gasteiger partial charge in [0.1, 0.15) is 11.9 Å². The molecule has 0 aliphatic rings. The van der Waals surface area contributed by atoms with Crippen molar-refractivity contribution in [2.45, 2.75) is 19.1 Å². The number of hydrogen-bond donors (Lipinski definition) is 1. The molecule has 2 N–H and O–H groups in total. The van der Waals surface area contributed by atoms with Crippen LogP contribution in [0.3, 0.4) is 0 Å². The van der Waals surface area contributed by atoms with Crippen LogP contribution in [0.25, 0.3) is 10.8 Å². The Kier molecular flexibility index (Phi) is 3.84. The van der Waals surface area contributed by atoms with Crippen molar-refractivity contribution >= 4 is 10.8 Å². The van der Waals surface area contributed by atoms with Crippen LogP contribution in [0.4, 0.5) is 0 Å². The van der Waals surface area contributed by atoms with E-state index < -0.39 is 0 Å². The third-order valence-corrected chi connectivity index (χ3v) is 3.47. The lowest BCUT2D eigenvalue weighted by molar-refractivity contribution is 0.180. The molecule has 1 aromatic heterocycles. The predicted octanol–water partition coefficient (Wildman–Crippen LogP) is 3.70. The fourth-order valence-corrected chi connectivity index (χ4v) is 2.41. The van der Waals surface area contributed by atoms with Gasteiger partial charge in [-0.1, -0.05) is 36.4 Å². The molecule has 0 amide bonds. The van der Waals surface area contributed by atoms with Crippen LogP contribution in [-0.4, -0.2) is 11.0 Å². The van der Waals surface area contributed by atoms with E-state index in [1.165, 1.54) is 5.39 Å². The molecule has 2 aromatic carbocycles. The number of benzene rings is 2. The largest absolute Gasteiger partial charge is 0.484 e. The molecule has 3 aromatic rings. The minimum Gasteiger partial charge on any atom is -0.484 e. The van der Waals surface area contributed by atoms with Crippen LogP contribution in [0.2, 0.25) is 0 Å². The number of nitrogens with zero attached hydrogens (tertiary/aromatic N) is 1. The lowest BCUT2D eigenvalue weighted by Crippen LogP contribution is -2.29. The number of rotatable bonds is 4. The fraction of sp³-hybridized carbons (Fsp3) is 0.167. The molecular weight excluding hydrogens is 260 g/mol. The minimum absolute atomic E-state index is 0.124. The molecule has 0 saturated carbocycles. The SMILES string of the molecule is CC(N)C(Oc1ccc2ccccc2c1)c1cccnc1. The standard InChI is InChI=1S/C18H18N2O/c1-13(19)18(16-7-4-10-20-12-16)21-17-9-8-14-5-2-3-6-15(14)11-17/h2-13,18H,19H2,1H3. The number of nitrogens with two attached hydrogens (primary N) is 1. The predicted molar refractivity (Wildman–Crippen MR) is 85.2 cm³/mol. The summed E-state index contributed by atoms with van der Waals surface area (Å²) >= 11 is 0. The van der Waals surface area contributed by atoms with E-state index in [0.717, 1.165) is 16.7 Å². The van der Waals surface area contributed by atoms with Gasteiger partial charge in [-0.15, -0.1) is 0 Å². The number of aromatic nitrogens is 1. The molecule has 0 fully saturated rings. The Morgan fingerprint density at radius 2 is 1.81 bits per heavy atom. The topological polar surface area (TPSA) is 48.1 Å². The molecule has 21 heavy (non-hydrogen) atoms. The second-order valence-corrected chi connectivity index (χ2v) is 5.19. The Labute approximate surface area is 124 Å². The summed E-state index contributed by atoms with van der Waals surface area (Å²) in [5.74, 6) is 0.819. The van der Waals surface area contributed by atoms with Gasteiger partial charge >= 0.3 is 0 Å². The summed E-state index contributed by atoms with van der Waals surface area (Å²) in [4.78, 5) is 4.14. The number of pyridine rings is 1. The van der Waals surface area contributed by atoms with Crippen molar-refractivity contribution in [3.05, 3.63) is 72.6 Å². The van der Waals surface area contributed by atoms with Crippen molar-refractivity contribution in [2.75, 3.05) is 0 Å². The Hall–Kier alpha value is -2.39. The molecule has 0 saturated heterocycles.